The third-order valence-corrected chi connectivity index (χ3v) is 3.81. The van der Waals surface area contributed by atoms with Gasteiger partial charge >= 0.3 is 0 Å². The standard InChI is InChI=1S/C16H21FN2O4/c1-22-10-16(6-9-23-11-16)15(21)19-8-7-18-14(20)12-2-4-13(17)5-3-12/h2-5H,6-11H2,1H3,(H,18,20)(H,19,21)/t16-/m0/s1. The molecule has 0 radical (unpaired) electrons. The highest BCUT2D eigenvalue weighted by atomic mass is 19.1. The van der Waals surface area contributed by atoms with Gasteiger partial charge in [0.1, 0.15) is 5.82 Å². The molecule has 0 unspecified atom stereocenters. The second-order valence-corrected chi connectivity index (χ2v) is 5.53. The summed E-state index contributed by atoms with van der Waals surface area (Å²) in [5.74, 6) is -0.834. The van der Waals surface area contributed by atoms with Gasteiger partial charge in [0.05, 0.1) is 18.6 Å². The van der Waals surface area contributed by atoms with E-state index in [4.69, 9.17) is 9.47 Å². The molecule has 0 saturated carbocycles. The molecule has 2 N–H and O–H groups in total. The van der Waals surface area contributed by atoms with E-state index in [0.717, 1.165) is 0 Å². The fraction of sp³-hybridized carbons (Fsp3) is 0.500. The first-order valence-electron chi connectivity index (χ1n) is 7.46. The molecule has 2 amide bonds. The number of methoxy groups -OCH3 is 1. The molecule has 1 aliphatic heterocycles. The minimum atomic E-state index is -0.643. The Hall–Kier alpha value is -1.99. The number of benzene rings is 1. The van der Waals surface area contributed by atoms with Crippen LogP contribution in [0.5, 0.6) is 0 Å². The van der Waals surface area contributed by atoms with Crippen molar-refractivity contribution < 1.29 is 23.5 Å². The van der Waals surface area contributed by atoms with Crippen molar-refractivity contribution in [1.82, 2.24) is 10.6 Å². The molecule has 1 atom stereocenters. The largest absolute Gasteiger partial charge is 0.383 e. The lowest BCUT2D eigenvalue weighted by Gasteiger charge is -2.25. The van der Waals surface area contributed by atoms with E-state index in [1.165, 1.54) is 24.3 Å². The molecule has 2 rings (SSSR count). The van der Waals surface area contributed by atoms with E-state index in [1.54, 1.807) is 7.11 Å². The van der Waals surface area contributed by atoms with Crippen LogP contribution >= 0.6 is 0 Å². The minimum absolute atomic E-state index is 0.132. The Morgan fingerprint density at radius 2 is 1.96 bits per heavy atom. The zero-order valence-electron chi connectivity index (χ0n) is 13.1. The van der Waals surface area contributed by atoms with Gasteiger partial charge < -0.3 is 20.1 Å². The van der Waals surface area contributed by atoms with Crippen molar-refractivity contribution in [3.8, 4) is 0 Å². The van der Waals surface area contributed by atoms with Crippen molar-refractivity contribution in [3.05, 3.63) is 35.6 Å². The highest BCUT2D eigenvalue weighted by Gasteiger charge is 2.42. The molecule has 1 heterocycles. The zero-order valence-corrected chi connectivity index (χ0v) is 13.1. The number of carbonyl (C=O) groups is 2. The Kier molecular flexibility index (Phi) is 6.06. The molecule has 0 aliphatic carbocycles. The predicted octanol–water partition coefficient (Wildman–Crippen LogP) is 0.725. The highest BCUT2D eigenvalue weighted by molar-refractivity contribution is 5.94. The molecule has 0 bridgehead atoms. The number of rotatable bonds is 7. The molecule has 1 saturated heterocycles. The second-order valence-electron chi connectivity index (χ2n) is 5.53. The number of carbonyl (C=O) groups excluding carboxylic acids is 2. The van der Waals surface area contributed by atoms with E-state index in [0.29, 0.717) is 38.3 Å². The van der Waals surface area contributed by atoms with Gasteiger partial charge in [-0.3, -0.25) is 9.59 Å². The van der Waals surface area contributed by atoms with E-state index >= 15 is 0 Å². The summed E-state index contributed by atoms with van der Waals surface area (Å²) >= 11 is 0. The molecule has 1 aromatic rings. The highest BCUT2D eigenvalue weighted by Crippen LogP contribution is 2.29. The summed E-state index contributed by atoms with van der Waals surface area (Å²) in [4.78, 5) is 24.1. The normalized spacial score (nSPS) is 20.3. The van der Waals surface area contributed by atoms with Crippen LogP contribution in [0.1, 0.15) is 16.8 Å². The van der Waals surface area contributed by atoms with Crippen molar-refractivity contribution in [2.45, 2.75) is 6.42 Å². The van der Waals surface area contributed by atoms with E-state index < -0.39 is 11.2 Å². The maximum absolute atomic E-state index is 12.8. The third kappa shape index (κ3) is 4.49. The summed E-state index contributed by atoms with van der Waals surface area (Å²) in [6.07, 6.45) is 0.620. The molecule has 0 spiro atoms. The van der Waals surface area contributed by atoms with Gasteiger partial charge in [0.2, 0.25) is 5.91 Å². The monoisotopic (exact) mass is 324 g/mol. The van der Waals surface area contributed by atoms with Gasteiger partial charge in [-0.15, -0.1) is 0 Å². The van der Waals surface area contributed by atoms with Gasteiger partial charge in [-0.25, -0.2) is 4.39 Å². The van der Waals surface area contributed by atoms with Gasteiger partial charge in [-0.1, -0.05) is 0 Å². The number of hydrogen-bond acceptors (Lipinski definition) is 4. The van der Waals surface area contributed by atoms with E-state index in [9.17, 15) is 14.0 Å². The van der Waals surface area contributed by atoms with Crippen molar-refractivity contribution in [3.63, 3.8) is 0 Å². The molecule has 126 valence electrons. The van der Waals surface area contributed by atoms with Gasteiger partial charge in [0, 0.05) is 32.4 Å². The summed E-state index contributed by atoms with van der Waals surface area (Å²) in [6.45, 7) is 1.77. The first-order valence-corrected chi connectivity index (χ1v) is 7.46. The van der Waals surface area contributed by atoms with Crippen LogP contribution in [0.4, 0.5) is 4.39 Å². The Morgan fingerprint density at radius 3 is 2.57 bits per heavy atom. The molecule has 1 fully saturated rings. The van der Waals surface area contributed by atoms with Gasteiger partial charge in [0.25, 0.3) is 5.91 Å². The average molecular weight is 324 g/mol. The maximum atomic E-state index is 12.8. The quantitative estimate of drug-likeness (QED) is 0.725. The molecule has 23 heavy (non-hydrogen) atoms. The number of nitrogens with one attached hydrogen (secondary N) is 2. The van der Waals surface area contributed by atoms with Crippen molar-refractivity contribution in [2.75, 3.05) is 40.0 Å². The van der Waals surface area contributed by atoms with Crippen LogP contribution in [-0.4, -0.2) is 51.8 Å². The molecule has 6 nitrogen and oxygen atoms in total. The summed E-state index contributed by atoms with van der Waals surface area (Å²) < 4.78 is 23.2. The SMILES string of the molecule is COC[C@@]1(C(=O)NCCNC(=O)c2ccc(F)cc2)CCOC1. The Labute approximate surface area is 134 Å². The van der Waals surface area contributed by atoms with Gasteiger partial charge in [0.15, 0.2) is 0 Å². The maximum Gasteiger partial charge on any atom is 0.251 e. The zero-order chi connectivity index (χ0) is 16.7. The molecule has 1 aromatic carbocycles. The lowest BCUT2D eigenvalue weighted by atomic mass is 9.87. The Bertz CT molecular complexity index is 542. The Balaban J connectivity index is 1.75. The van der Waals surface area contributed by atoms with E-state index in [-0.39, 0.29) is 18.4 Å². The van der Waals surface area contributed by atoms with Crippen LogP contribution < -0.4 is 10.6 Å². The Morgan fingerprint density at radius 1 is 1.26 bits per heavy atom. The lowest BCUT2D eigenvalue weighted by molar-refractivity contribution is -0.134. The van der Waals surface area contributed by atoms with Crippen LogP contribution in [0, 0.1) is 11.2 Å². The molecule has 7 heteroatoms. The number of halogens is 1. The summed E-state index contributed by atoms with van der Waals surface area (Å²) in [7, 11) is 1.55. The molecule has 1 aliphatic rings. The lowest BCUT2D eigenvalue weighted by Crippen LogP contribution is -2.46. The van der Waals surface area contributed by atoms with E-state index in [2.05, 4.69) is 10.6 Å². The van der Waals surface area contributed by atoms with E-state index in [1.807, 2.05) is 0 Å². The molecular formula is C16H21FN2O4. The third-order valence-electron chi connectivity index (χ3n) is 3.81. The fourth-order valence-electron chi connectivity index (χ4n) is 2.48. The summed E-state index contributed by atoms with van der Waals surface area (Å²) in [6, 6.07) is 5.27. The van der Waals surface area contributed by atoms with Crippen LogP contribution in [0.25, 0.3) is 0 Å². The topological polar surface area (TPSA) is 76.7 Å². The van der Waals surface area contributed by atoms with Crippen LogP contribution in [0.2, 0.25) is 0 Å². The number of hydrogen-bond donors (Lipinski definition) is 2. The predicted molar refractivity (Wildman–Crippen MR) is 81.5 cm³/mol. The van der Waals surface area contributed by atoms with Gasteiger partial charge in [-0.2, -0.15) is 0 Å². The fourth-order valence-corrected chi connectivity index (χ4v) is 2.48. The minimum Gasteiger partial charge on any atom is -0.383 e. The first-order chi connectivity index (χ1) is 11.1. The number of ether oxygens (including phenoxy) is 2. The smallest absolute Gasteiger partial charge is 0.251 e. The second kappa shape index (κ2) is 8.03. The van der Waals surface area contributed by atoms with Gasteiger partial charge in [-0.05, 0) is 30.7 Å². The van der Waals surface area contributed by atoms with Crippen LogP contribution in [0.3, 0.4) is 0 Å². The number of amides is 2. The van der Waals surface area contributed by atoms with Crippen molar-refractivity contribution in [2.24, 2.45) is 5.41 Å². The van der Waals surface area contributed by atoms with Crippen molar-refractivity contribution in [1.29, 1.82) is 0 Å². The summed E-state index contributed by atoms with van der Waals surface area (Å²) in [5, 5.41) is 5.46. The van der Waals surface area contributed by atoms with Crippen molar-refractivity contribution >= 4 is 11.8 Å². The summed E-state index contributed by atoms with van der Waals surface area (Å²) in [5.41, 5.74) is -0.270. The van der Waals surface area contributed by atoms with Crippen LogP contribution in [-0.2, 0) is 14.3 Å². The molecule has 0 aromatic heterocycles. The van der Waals surface area contributed by atoms with Crippen LogP contribution in [0.15, 0.2) is 24.3 Å². The first kappa shape index (κ1) is 17.4. The molecular weight excluding hydrogens is 303 g/mol. The average Bonchev–Trinajstić information content (AvgIpc) is 3.02.